The van der Waals surface area contributed by atoms with E-state index in [0.717, 1.165) is 17.3 Å². The zero-order valence-electron chi connectivity index (χ0n) is 13.1. The van der Waals surface area contributed by atoms with E-state index in [-0.39, 0.29) is 0 Å². The second-order valence-corrected chi connectivity index (χ2v) is 6.90. The molecule has 0 atom stereocenters. The zero-order chi connectivity index (χ0) is 17.5. The molecule has 0 unspecified atom stereocenters. The maximum absolute atomic E-state index is 5.91. The van der Waals surface area contributed by atoms with Gasteiger partial charge in [0, 0.05) is 15.8 Å². The van der Waals surface area contributed by atoms with Crippen molar-refractivity contribution in [3.05, 3.63) is 64.4 Å². The second-order valence-electron chi connectivity index (χ2n) is 4.96. The number of ether oxygens (including phenoxy) is 2. The fourth-order valence-electron chi connectivity index (χ4n) is 1.94. The minimum Gasteiger partial charge on any atom is -0.493 e. The van der Waals surface area contributed by atoms with Gasteiger partial charge in [0.1, 0.15) is 18.1 Å². The highest BCUT2D eigenvalue weighted by atomic mass is 35.5. The van der Waals surface area contributed by atoms with Gasteiger partial charge in [-0.25, -0.2) is 4.98 Å². The van der Waals surface area contributed by atoms with Gasteiger partial charge < -0.3 is 9.47 Å². The fourth-order valence-corrected chi connectivity index (χ4v) is 2.88. The maximum Gasteiger partial charge on any atom is 0.208 e. The summed E-state index contributed by atoms with van der Waals surface area (Å²) in [4.78, 5) is 4.37. The lowest BCUT2D eigenvalue weighted by Gasteiger charge is -2.04. The molecular formula is C17H15Cl2N3O2S. The summed E-state index contributed by atoms with van der Waals surface area (Å²) in [6.07, 6.45) is 0. The van der Waals surface area contributed by atoms with E-state index in [1.165, 1.54) is 11.8 Å². The Kier molecular flexibility index (Phi) is 6.44. The first-order valence-corrected chi connectivity index (χ1v) is 9.24. The van der Waals surface area contributed by atoms with Crippen molar-refractivity contribution in [3.8, 4) is 11.5 Å². The van der Waals surface area contributed by atoms with Crippen LogP contribution in [0, 0.1) is 0 Å². The van der Waals surface area contributed by atoms with Crippen LogP contribution in [0.4, 0.5) is 0 Å². The van der Waals surface area contributed by atoms with Crippen LogP contribution >= 0.6 is 35.0 Å². The van der Waals surface area contributed by atoms with E-state index >= 15 is 0 Å². The number of H-pyrrole nitrogens is 1. The molecular weight excluding hydrogens is 381 g/mol. The Labute approximate surface area is 159 Å². The summed E-state index contributed by atoms with van der Waals surface area (Å²) < 4.78 is 11.2. The number of aromatic amines is 1. The van der Waals surface area contributed by atoms with Crippen LogP contribution in [0.25, 0.3) is 0 Å². The van der Waals surface area contributed by atoms with Crippen LogP contribution in [-0.4, -0.2) is 27.5 Å². The summed E-state index contributed by atoms with van der Waals surface area (Å²) in [7, 11) is 0. The van der Waals surface area contributed by atoms with Crippen molar-refractivity contribution in [2.75, 3.05) is 12.4 Å². The molecule has 5 nitrogen and oxygen atoms in total. The minimum absolute atomic E-state index is 0.314. The number of nitrogens with one attached hydrogen (secondary N) is 1. The van der Waals surface area contributed by atoms with Gasteiger partial charge in [-0.3, -0.25) is 5.10 Å². The highest BCUT2D eigenvalue weighted by molar-refractivity contribution is 7.99. The normalized spacial score (nSPS) is 10.6. The van der Waals surface area contributed by atoms with Crippen LogP contribution in [-0.2, 0) is 6.61 Å². The van der Waals surface area contributed by atoms with Gasteiger partial charge in [-0.05, 0) is 42.5 Å². The quantitative estimate of drug-likeness (QED) is 0.435. The Hall–Kier alpha value is -1.89. The average Bonchev–Trinajstić information content (AvgIpc) is 3.06. The van der Waals surface area contributed by atoms with E-state index in [0.29, 0.717) is 34.2 Å². The van der Waals surface area contributed by atoms with E-state index in [1.807, 2.05) is 30.3 Å². The standard InChI is InChI=1S/C17H15Cl2N3O2S/c18-12-4-6-14(7-5-12)24-11-16-20-17(22-21-16)25-9-8-23-15-3-1-2-13(19)10-15/h1-7,10H,8-9,11H2,(H,20,21,22). The minimum atomic E-state index is 0.314. The summed E-state index contributed by atoms with van der Waals surface area (Å²) in [5.41, 5.74) is 0. The molecule has 3 rings (SSSR count). The van der Waals surface area contributed by atoms with E-state index in [4.69, 9.17) is 32.7 Å². The molecule has 0 saturated heterocycles. The highest BCUT2D eigenvalue weighted by Crippen LogP contribution is 2.19. The molecule has 3 aromatic rings. The number of hydrogen-bond acceptors (Lipinski definition) is 5. The van der Waals surface area contributed by atoms with Crippen molar-refractivity contribution in [1.29, 1.82) is 0 Å². The number of halogens is 2. The number of nitrogens with zero attached hydrogens (tertiary/aromatic N) is 2. The zero-order valence-corrected chi connectivity index (χ0v) is 15.4. The molecule has 0 aliphatic heterocycles. The first kappa shape index (κ1) is 17.9. The molecule has 1 aromatic heterocycles. The molecule has 0 aliphatic carbocycles. The molecule has 0 aliphatic rings. The first-order valence-electron chi connectivity index (χ1n) is 7.50. The monoisotopic (exact) mass is 395 g/mol. The van der Waals surface area contributed by atoms with Crippen LogP contribution in [0.5, 0.6) is 11.5 Å². The molecule has 0 radical (unpaired) electrons. The van der Waals surface area contributed by atoms with Gasteiger partial charge in [0.05, 0.1) is 6.61 Å². The Morgan fingerprint density at radius 2 is 1.80 bits per heavy atom. The van der Waals surface area contributed by atoms with E-state index in [2.05, 4.69) is 15.2 Å². The van der Waals surface area contributed by atoms with Crippen LogP contribution in [0.3, 0.4) is 0 Å². The lowest BCUT2D eigenvalue weighted by molar-refractivity contribution is 0.296. The Balaban J connectivity index is 1.40. The number of rotatable bonds is 8. The third-order valence-corrected chi connectivity index (χ3v) is 4.38. The number of thioether (sulfide) groups is 1. The first-order chi connectivity index (χ1) is 12.2. The molecule has 0 amide bonds. The van der Waals surface area contributed by atoms with E-state index in [9.17, 15) is 0 Å². The third kappa shape index (κ3) is 5.85. The smallest absolute Gasteiger partial charge is 0.208 e. The van der Waals surface area contributed by atoms with Crippen molar-refractivity contribution in [3.63, 3.8) is 0 Å². The van der Waals surface area contributed by atoms with Crippen molar-refractivity contribution in [2.24, 2.45) is 0 Å². The molecule has 8 heteroatoms. The Morgan fingerprint density at radius 1 is 0.960 bits per heavy atom. The molecule has 1 heterocycles. The van der Waals surface area contributed by atoms with Gasteiger partial charge in [-0.2, -0.15) is 0 Å². The molecule has 0 fully saturated rings. The summed E-state index contributed by atoms with van der Waals surface area (Å²) in [5.74, 6) is 2.86. The molecule has 0 saturated carbocycles. The maximum atomic E-state index is 5.91. The topological polar surface area (TPSA) is 60.0 Å². The van der Waals surface area contributed by atoms with Crippen molar-refractivity contribution >= 4 is 35.0 Å². The molecule has 130 valence electrons. The summed E-state index contributed by atoms with van der Waals surface area (Å²) in [6, 6.07) is 14.5. The van der Waals surface area contributed by atoms with Gasteiger partial charge in [0.25, 0.3) is 0 Å². The van der Waals surface area contributed by atoms with Crippen molar-refractivity contribution < 1.29 is 9.47 Å². The molecule has 2 aromatic carbocycles. The lowest BCUT2D eigenvalue weighted by atomic mass is 10.3. The molecule has 0 spiro atoms. The third-order valence-electron chi connectivity index (χ3n) is 3.08. The van der Waals surface area contributed by atoms with Crippen LogP contribution < -0.4 is 9.47 Å². The average molecular weight is 396 g/mol. The van der Waals surface area contributed by atoms with Gasteiger partial charge in [0.15, 0.2) is 5.82 Å². The Bertz CT molecular complexity index is 812. The number of benzene rings is 2. The van der Waals surface area contributed by atoms with Gasteiger partial charge >= 0.3 is 0 Å². The largest absolute Gasteiger partial charge is 0.493 e. The number of aromatic nitrogens is 3. The summed E-state index contributed by atoms with van der Waals surface area (Å²) >= 11 is 13.2. The van der Waals surface area contributed by atoms with Gasteiger partial charge in [-0.1, -0.05) is 41.0 Å². The highest BCUT2D eigenvalue weighted by Gasteiger charge is 2.05. The van der Waals surface area contributed by atoms with Crippen LogP contribution in [0.1, 0.15) is 5.82 Å². The lowest BCUT2D eigenvalue weighted by Crippen LogP contribution is -2.00. The number of hydrogen-bond donors (Lipinski definition) is 1. The van der Waals surface area contributed by atoms with E-state index < -0.39 is 0 Å². The van der Waals surface area contributed by atoms with E-state index in [1.54, 1.807) is 18.2 Å². The molecule has 25 heavy (non-hydrogen) atoms. The van der Waals surface area contributed by atoms with Crippen LogP contribution in [0.2, 0.25) is 10.0 Å². The summed E-state index contributed by atoms with van der Waals surface area (Å²) in [5, 5.41) is 9.00. The predicted molar refractivity (Wildman–Crippen MR) is 99.8 cm³/mol. The fraction of sp³-hybridized carbons (Fsp3) is 0.176. The SMILES string of the molecule is Clc1ccc(OCc2nc(SCCOc3cccc(Cl)c3)n[nH]2)cc1. The Morgan fingerprint density at radius 3 is 2.60 bits per heavy atom. The van der Waals surface area contributed by atoms with Crippen LogP contribution in [0.15, 0.2) is 53.7 Å². The molecule has 0 bridgehead atoms. The summed E-state index contributed by atoms with van der Waals surface area (Å²) in [6.45, 7) is 0.852. The molecule has 1 N–H and O–H groups in total. The predicted octanol–water partition coefficient (Wildman–Crippen LogP) is 4.86. The van der Waals surface area contributed by atoms with Crippen molar-refractivity contribution in [1.82, 2.24) is 15.2 Å². The van der Waals surface area contributed by atoms with Crippen molar-refractivity contribution in [2.45, 2.75) is 11.8 Å². The van der Waals surface area contributed by atoms with Gasteiger partial charge in [-0.15, -0.1) is 5.10 Å². The van der Waals surface area contributed by atoms with Gasteiger partial charge in [0.2, 0.25) is 5.16 Å². The second kappa shape index (κ2) is 8.99.